The third-order valence-corrected chi connectivity index (χ3v) is 17.8. The number of allylic oxidation sites excluding steroid dienone is 13. The minimum absolute atomic E-state index is 0.0263. The summed E-state index contributed by atoms with van der Waals surface area (Å²) in [5, 5.41) is 3.05. The third-order valence-electron chi connectivity index (χ3n) is 16.8. The highest BCUT2D eigenvalue weighted by molar-refractivity contribution is 7.45. The van der Waals surface area contributed by atoms with Crippen LogP contribution in [0, 0.1) is 0 Å². The molecule has 89 heavy (non-hydrogen) atoms. The Balaban J connectivity index is 5.04. The second-order valence-corrected chi connectivity index (χ2v) is 28.2. The molecule has 0 aromatic heterocycles. The maximum atomic E-state index is 13.6. The molecule has 0 saturated carbocycles. The van der Waals surface area contributed by atoms with Crippen molar-refractivity contribution >= 4 is 19.7 Å². The lowest BCUT2D eigenvalue weighted by Gasteiger charge is -2.30. The van der Waals surface area contributed by atoms with E-state index in [9.17, 15) is 19.0 Å². The van der Waals surface area contributed by atoms with Gasteiger partial charge in [0.25, 0.3) is 7.82 Å². The second-order valence-electron chi connectivity index (χ2n) is 26.8. The number of hydrogen-bond acceptors (Lipinski definition) is 7. The SMILES string of the molecule is CCCCC/C=C\C/C=C\C/C=C\C/C=C\CCCCCCCCCC(=O)NC(COP(=O)([O-])OCC[N+](C)(C)C)C(/C=C/CCCCCCCCCCCCC)OC(=O)CCCCCCCCCCCCCCCCCCC/C=C\C/C=C\CCCCC. The molecular formula is C79H145N2O7P. The van der Waals surface area contributed by atoms with Crippen LogP contribution in [0.3, 0.4) is 0 Å². The molecule has 0 aliphatic rings. The first-order chi connectivity index (χ1) is 43.4. The van der Waals surface area contributed by atoms with Crippen LogP contribution in [-0.2, 0) is 27.9 Å². The molecule has 0 spiro atoms. The van der Waals surface area contributed by atoms with E-state index < -0.39 is 26.6 Å². The number of rotatable bonds is 69. The number of esters is 1. The van der Waals surface area contributed by atoms with Gasteiger partial charge in [0.05, 0.1) is 33.8 Å². The van der Waals surface area contributed by atoms with E-state index >= 15 is 0 Å². The molecule has 0 bridgehead atoms. The van der Waals surface area contributed by atoms with Crippen LogP contribution in [-0.4, -0.2) is 69.4 Å². The van der Waals surface area contributed by atoms with Crippen molar-refractivity contribution in [1.82, 2.24) is 5.32 Å². The minimum Gasteiger partial charge on any atom is -0.756 e. The quantitative estimate of drug-likeness (QED) is 0.0212. The summed E-state index contributed by atoms with van der Waals surface area (Å²) in [4.78, 5) is 40.3. The maximum absolute atomic E-state index is 13.6. The summed E-state index contributed by atoms with van der Waals surface area (Å²) in [7, 11) is 1.18. The van der Waals surface area contributed by atoms with Crippen LogP contribution in [0.2, 0.25) is 0 Å². The highest BCUT2D eigenvalue weighted by Gasteiger charge is 2.27. The van der Waals surface area contributed by atoms with Crippen molar-refractivity contribution in [3.05, 3.63) is 85.1 Å². The van der Waals surface area contributed by atoms with Gasteiger partial charge >= 0.3 is 5.97 Å². The number of phosphoric acid groups is 1. The zero-order chi connectivity index (χ0) is 64.9. The number of likely N-dealkylation sites (N-methyl/N-ethyl adjacent to an activating group) is 1. The summed E-state index contributed by atoms with van der Waals surface area (Å²) in [6.07, 6.45) is 91.4. The molecule has 1 amide bonds. The standard InChI is InChI=1S/C79H145N2O7P/c1-7-10-13-16-19-22-25-28-30-32-34-36-38-39-40-41-43-45-47-49-51-54-57-60-63-66-69-72-79(83)88-77(70-67-64-61-58-55-52-27-24-21-18-15-12-9-3)76(75-87-89(84,85)86-74-73-81(4,5)6)80-78(82)71-68-65-62-59-56-53-50-48-46-44-42-37-35-33-31-29-26-23-20-17-14-11-8-2/h19-20,22-23,28-31,35,37,44,46,67,70,76-77H,7-18,21,24-27,32-34,36,38-43,45,47-66,68-69,71-75H2,1-6H3,(H-,80,82,84,85)/b22-19-,23-20-,30-28-,31-29-,37-35-,46-44-,70-67+. The molecule has 0 aliphatic carbocycles. The molecule has 0 rings (SSSR count). The topological polar surface area (TPSA) is 114 Å². The number of phosphoric ester groups is 1. The van der Waals surface area contributed by atoms with Crippen molar-refractivity contribution in [3.63, 3.8) is 0 Å². The number of nitrogens with one attached hydrogen (secondary N) is 1. The molecule has 0 radical (unpaired) electrons. The first-order valence-electron chi connectivity index (χ1n) is 37.9. The molecule has 3 atom stereocenters. The lowest BCUT2D eigenvalue weighted by atomic mass is 10.0. The normalized spacial score (nSPS) is 13.9. The van der Waals surface area contributed by atoms with E-state index in [2.05, 4.69) is 99.0 Å². The maximum Gasteiger partial charge on any atom is 0.306 e. The summed E-state index contributed by atoms with van der Waals surface area (Å²) >= 11 is 0. The Morgan fingerprint density at radius 3 is 1.04 bits per heavy atom. The van der Waals surface area contributed by atoms with Gasteiger partial charge in [-0.2, -0.15) is 0 Å². The van der Waals surface area contributed by atoms with Crippen molar-refractivity contribution in [2.45, 2.75) is 367 Å². The molecular weight excluding hydrogens is 1120 g/mol. The second kappa shape index (κ2) is 68.1. The van der Waals surface area contributed by atoms with Gasteiger partial charge in [0.1, 0.15) is 19.3 Å². The fourth-order valence-corrected chi connectivity index (χ4v) is 11.7. The molecule has 0 aromatic rings. The van der Waals surface area contributed by atoms with Crippen LogP contribution in [0.5, 0.6) is 0 Å². The van der Waals surface area contributed by atoms with E-state index in [0.717, 1.165) is 96.3 Å². The van der Waals surface area contributed by atoms with Crippen molar-refractivity contribution in [2.24, 2.45) is 0 Å². The number of amides is 1. The molecule has 0 saturated heterocycles. The van der Waals surface area contributed by atoms with Gasteiger partial charge in [0.15, 0.2) is 0 Å². The number of carbonyl (C=O) groups is 2. The van der Waals surface area contributed by atoms with Crippen molar-refractivity contribution in [1.29, 1.82) is 0 Å². The fraction of sp³-hybridized carbons (Fsp3) is 0.797. The van der Waals surface area contributed by atoms with Crippen LogP contribution in [0.15, 0.2) is 85.1 Å². The summed E-state index contributed by atoms with van der Waals surface area (Å²) in [6, 6.07) is -0.899. The van der Waals surface area contributed by atoms with Gasteiger partial charge < -0.3 is 28.5 Å². The number of hydrogen-bond donors (Lipinski definition) is 1. The van der Waals surface area contributed by atoms with Crippen molar-refractivity contribution in [2.75, 3.05) is 40.9 Å². The summed E-state index contributed by atoms with van der Waals surface area (Å²) in [5.74, 6) is -0.542. The molecule has 1 N–H and O–H groups in total. The van der Waals surface area contributed by atoms with E-state index in [1.165, 1.54) is 225 Å². The monoisotopic (exact) mass is 1270 g/mol. The van der Waals surface area contributed by atoms with Gasteiger partial charge in [-0.25, -0.2) is 0 Å². The third kappa shape index (κ3) is 69.4. The van der Waals surface area contributed by atoms with Gasteiger partial charge in [-0.15, -0.1) is 0 Å². The Hall–Kier alpha value is -2.81. The summed E-state index contributed by atoms with van der Waals surface area (Å²) in [6.45, 7) is 6.82. The van der Waals surface area contributed by atoms with Gasteiger partial charge in [0, 0.05) is 12.8 Å². The predicted octanol–water partition coefficient (Wildman–Crippen LogP) is 23.8. The first-order valence-corrected chi connectivity index (χ1v) is 39.4. The van der Waals surface area contributed by atoms with Crippen LogP contribution in [0.25, 0.3) is 0 Å². The lowest BCUT2D eigenvalue weighted by molar-refractivity contribution is -0.870. The Morgan fingerprint density at radius 2 is 0.685 bits per heavy atom. The molecule has 0 heterocycles. The van der Waals surface area contributed by atoms with Crippen LogP contribution in [0.1, 0.15) is 355 Å². The van der Waals surface area contributed by atoms with Gasteiger partial charge in [-0.05, 0) is 109 Å². The molecule has 0 fully saturated rings. The van der Waals surface area contributed by atoms with Crippen LogP contribution < -0.4 is 10.2 Å². The predicted molar refractivity (Wildman–Crippen MR) is 385 cm³/mol. The van der Waals surface area contributed by atoms with Crippen LogP contribution in [0.4, 0.5) is 0 Å². The molecule has 0 aliphatic heterocycles. The molecule has 9 nitrogen and oxygen atoms in total. The Labute approximate surface area is 552 Å². The van der Waals surface area contributed by atoms with Crippen molar-refractivity contribution < 1.29 is 37.3 Å². The minimum atomic E-state index is -4.71. The first kappa shape index (κ1) is 86.2. The number of unbranched alkanes of at least 4 members (excludes halogenated alkanes) is 41. The van der Waals surface area contributed by atoms with Crippen LogP contribution >= 0.6 is 7.82 Å². The molecule has 0 aromatic carbocycles. The number of quaternary nitrogens is 1. The van der Waals surface area contributed by atoms with E-state index in [1.807, 2.05) is 33.3 Å². The lowest BCUT2D eigenvalue weighted by Crippen LogP contribution is -2.47. The number of ether oxygens (including phenoxy) is 1. The van der Waals surface area contributed by atoms with Gasteiger partial charge in [0.2, 0.25) is 5.91 Å². The summed E-state index contributed by atoms with van der Waals surface area (Å²) < 4.78 is 30.5. The van der Waals surface area contributed by atoms with Gasteiger partial charge in [-0.1, -0.05) is 318 Å². The molecule has 518 valence electrons. The average molecular weight is 1270 g/mol. The largest absolute Gasteiger partial charge is 0.756 e. The van der Waals surface area contributed by atoms with E-state index in [4.69, 9.17) is 13.8 Å². The zero-order valence-corrected chi connectivity index (χ0v) is 60.3. The fourth-order valence-electron chi connectivity index (χ4n) is 11.0. The molecule has 10 heteroatoms. The Bertz CT molecular complexity index is 1800. The van der Waals surface area contributed by atoms with E-state index in [1.54, 1.807) is 0 Å². The highest BCUT2D eigenvalue weighted by Crippen LogP contribution is 2.38. The number of carbonyl (C=O) groups excluding carboxylic acids is 2. The van der Waals surface area contributed by atoms with Crippen molar-refractivity contribution in [3.8, 4) is 0 Å². The highest BCUT2D eigenvalue weighted by atomic mass is 31.2. The van der Waals surface area contributed by atoms with E-state index in [-0.39, 0.29) is 24.9 Å². The van der Waals surface area contributed by atoms with Gasteiger partial charge in [-0.3, -0.25) is 14.2 Å². The summed E-state index contributed by atoms with van der Waals surface area (Å²) in [5.41, 5.74) is 0. The zero-order valence-electron chi connectivity index (χ0n) is 59.4. The average Bonchev–Trinajstić information content (AvgIpc) is 3.64. The Kier molecular flexibility index (Phi) is 65.9. The smallest absolute Gasteiger partial charge is 0.306 e. The Morgan fingerprint density at radius 1 is 0.393 bits per heavy atom. The number of nitrogens with zero attached hydrogens (tertiary/aromatic N) is 1. The molecule has 3 unspecified atom stereocenters. The van der Waals surface area contributed by atoms with E-state index in [0.29, 0.717) is 17.4 Å².